The minimum absolute atomic E-state index is 0.656. The van der Waals surface area contributed by atoms with Crippen LogP contribution in [0.2, 0.25) is 0 Å². The minimum atomic E-state index is 0.656. The van der Waals surface area contributed by atoms with Gasteiger partial charge in [0.2, 0.25) is 0 Å². The molecule has 0 aliphatic rings. The van der Waals surface area contributed by atoms with Crippen molar-refractivity contribution in [2.75, 3.05) is 7.11 Å². The topological polar surface area (TPSA) is 35.5 Å². The highest BCUT2D eigenvalue weighted by molar-refractivity contribution is 7.11. The Labute approximate surface area is 97.2 Å². The quantitative estimate of drug-likeness (QED) is 0.761. The molecule has 0 aliphatic heterocycles. The Morgan fingerprint density at radius 3 is 2.38 bits per heavy atom. The van der Waals surface area contributed by atoms with Gasteiger partial charge in [0, 0.05) is 11.4 Å². The van der Waals surface area contributed by atoms with Gasteiger partial charge in [0.1, 0.15) is 17.2 Å². The van der Waals surface area contributed by atoms with Crippen molar-refractivity contribution in [2.45, 2.75) is 0 Å². The third-order valence-electron chi connectivity index (χ3n) is 2.01. The summed E-state index contributed by atoms with van der Waals surface area (Å²) >= 11 is 1.36. The van der Waals surface area contributed by atoms with Crippen LogP contribution in [0, 0.1) is 0 Å². The lowest BCUT2D eigenvalue weighted by molar-refractivity contribution is 0.112. The number of aldehydes is 1. The van der Waals surface area contributed by atoms with Gasteiger partial charge in [-0.1, -0.05) is 0 Å². The van der Waals surface area contributed by atoms with E-state index >= 15 is 0 Å². The Bertz CT molecular complexity index is 473. The van der Waals surface area contributed by atoms with Gasteiger partial charge in [-0.15, -0.1) is 11.3 Å². The third-order valence-corrected chi connectivity index (χ3v) is 2.84. The summed E-state index contributed by atoms with van der Waals surface area (Å²) in [5, 5.41) is 1.80. The van der Waals surface area contributed by atoms with Gasteiger partial charge in [-0.2, -0.15) is 0 Å². The summed E-state index contributed by atoms with van der Waals surface area (Å²) in [6.07, 6.45) is 0.811. The number of thiophene rings is 1. The van der Waals surface area contributed by atoms with Gasteiger partial charge in [-0.25, -0.2) is 0 Å². The van der Waals surface area contributed by atoms with Crippen LogP contribution in [-0.4, -0.2) is 13.4 Å². The highest BCUT2D eigenvalue weighted by atomic mass is 32.1. The second-order valence-electron chi connectivity index (χ2n) is 3.08. The molecule has 4 heteroatoms. The van der Waals surface area contributed by atoms with Gasteiger partial charge in [-0.3, -0.25) is 4.79 Å². The van der Waals surface area contributed by atoms with Crippen molar-refractivity contribution in [2.24, 2.45) is 0 Å². The summed E-state index contributed by atoms with van der Waals surface area (Å²) in [7, 11) is 1.62. The number of hydrogen-bond donors (Lipinski definition) is 0. The Kier molecular flexibility index (Phi) is 3.22. The van der Waals surface area contributed by atoms with Crippen molar-refractivity contribution >= 4 is 17.6 Å². The van der Waals surface area contributed by atoms with E-state index in [4.69, 9.17) is 9.47 Å². The molecular weight excluding hydrogens is 224 g/mol. The Hall–Kier alpha value is -1.81. The average Bonchev–Trinajstić information content (AvgIpc) is 2.78. The maximum Gasteiger partial charge on any atom is 0.160 e. The number of carbonyl (C=O) groups is 1. The molecule has 0 spiro atoms. The van der Waals surface area contributed by atoms with Gasteiger partial charge < -0.3 is 9.47 Å². The van der Waals surface area contributed by atoms with Crippen LogP contribution in [0.15, 0.2) is 35.7 Å². The molecule has 1 aromatic carbocycles. The van der Waals surface area contributed by atoms with Crippen LogP contribution in [0.1, 0.15) is 9.67 Å². The lowest BCUT2D eigenvalue weighted by Crippen LogP contribution is -1.84. The summed E-state index contributed by atoms with van der Waals surface area (Å²) in [6, 6.07) is 8.99. The normalized spacial score (nSPS) is 9.81. The summed E-state index contributed by atoms with van der Waals surface area (Å²) in [4.78, 5) is 11.2. The van der Waals surface area contributed by atoms with E-state index in [9.17, 15) is 4.79 Å². The number of ether oxygens (including phenoxy) is 2. The van der Waals surface area contributed by atoms with Crippen LogP contribution >= 0.6 is 11.3 Å². The monoisotopic (exact) mass is 234 g/mol. The van der Waals surface area contributed by atoms with Crippen LogP contribution in [0.4, 0.5) is 0 Å². The van der Waals surface area contributed by atoms with E-state index in [1.54, 1.807) is 18.6 Å². The summed E-state index contributed by atoms with van der Waals surface area (Å²) in [5.74, 6) is 2.18. The molecule has 1 heterocycles. The van der Waals surface area contributed by atoms with E-state index in [2.05, 4.69) is 0 Å². The number of hydrogen-bond acceptors (Lipinski definition) is 4. The van der Waals surface area contributed by atoms with Crippen molar-refractivity contribution in [3.63, 3.8) is 0 Å². The highest BCUT2D eigenvalue weighted by Crippen LogP contribution is 2.27. The number of carbonyl (C=O) groups excluding carboxylic acids is 1. The van der Waals surface area contributed by atoms with Crippen LogP contribution < -0.4 is 9.47 Å². The molecule has 3 nitrogen and oxygen atoms in total. The van der Waals surface area contributed by atoms with Crippen LogP contribution in [0.3, 0.4) is 0 Å². The van der Waals surface area contributed by atoms with Crippen molar-refractivity contribution in [1.29, 1.82) is 0 Å². The molecule has 0 atom stereocenters. The number of methoxy groups -OCH3 is 1. The van der Waals surface area contributed by atoms with E-state index in [1.807, 2.05) is 24.3 Å². The lowest BCUT2D eigenvalue weighted by Gasteiger charge is -2.03. The predicted octanol–water partition coefficient (Wildman–Crippen LogP) is 3.36. The molecule has 2 rings (SSSR count). The summed E-state index contributed by atoms with van der Waals surface area (Å²) in [6.45, 7) is 0. The molecule has 0 fully saturated rings. The zero-order valence-corrected chi connectivity index (χ0v) is 9.49. The molecule has 0 unspecified atom stereocenters. The van der Waals surface area contributed by atoms with Gasteiger partial charge in [0.15, 0.2) is 6.29 Å². The zero-order valence-electron chi connectivity index (χ0n) is 8.67. The van der Waals surface area contributed by atoms with Crippen LogP contribution in [-0.2, 0) is 0 Å². The first-order chi connectivity index (χ1) is 7.81. The van der Waals surface area contributed by atoms with Crippen LogP contribution in [0.25, 0.3) is 0 Å². The van der Waals surface area contributed by atoms with Crippen molar-refractivity contribution in [3.05, 3.63) is 40.6 Å². The molecule has 0 saturated carbocycles. The fraction of sp³-hybridized carbons (Fsp3) is 0.0833. The Balaban J connectivity index is 2.10. The Morgan fingerprint density at radius 2 is 1.81 bits per heavy atom. The van der Waals surface area contributed by atoms with Crippen molar-refractivity contribution in [1.82, 2.24) is 0 Å². The fourth-order valence-electron chi connectivity index (χ4n) is 1.23. The molecule has 82 valence electrons. The number of rotatable bonds is 4. The fourth-order valence-corrected chi connectivity index (χ4v) is 1.84. The molecule has 2 aromatic rings. The molecule has 0 aliphatic carbocycles. The zero-order chi connectivity index (χ0) is 11.4. The predicted molar refractivity (Wildman–Crippen MR) is 62.8 cm³/mol. The van der Waals surface area contributed by atoms with Crippen LogP contribution in [0.5, 0.6) is 17.2 Å². The third kappa shape index (κ3) is 2.41. The van der Waals surface area contributed by atoms with E-state index in [0.717, 1.165) is 17.8 Å². The van der Waals surface area contributed by atoms with Gasteiger partial charge in [0.25, 0.3) is 0 Å². The van der Waals surface area contributed by atoms with E-state index in [0.29, 0.717) is 10.6 Å². The maximum absolute atomic E-state index is 10.5. The molecule has 0 N–H and O–H groups in total. The smallest absolute Gasteiger partial charge is 0.160 e. The summed E-state index contributed by atoms with van der Waals surface area (Å²) in [5.41, 5.74) is 0. The van der Waals surface area contributed by atoms with E-state index in [1.165, 1.54) is 11.3 Å². The van der Waals surface area contributed by atoms with E-state index < -0.39 is 0 Å². The van der Waals surface area contributed by atoms with Gasteiger partial charge in [-0.05, 0) is 24.3 Å². The SMILES string of the molecule is COc1ccc(Oc2csc(C=O)c2)cc1. The summed E-state index contributed by atoms with van der Waals surface area (Å²) < 4.78 is 10.6. The molecule has 0 amide bonds. The molecule has 1 aromatic heterocycles. The van der Waals surface area contributed by atoms with Gasteiger partial charge in [0.05, 0.1) is 12.0 Å². The minimum Gasteiger partial charge on any atom is -0.497 e. The molecule has 16 heavy (non-hydrogen) atoms. The largest absolute Gasteiger partial charge is 0.497 e. The average molecular weight is 234 g/mol. The molecular formula is C12H10O3S. The first kappa shape index (κ1) is 10.7. The van der Waals surface area contributed by atoms with Crippen molar-refractivity contribution < 1.29 is 14.3 Å². The highest BCUT2D eigenvalue weighted by Gasteiger charge is 2.01. The second-order valence-corrected chi connectivity index (χ2v) is 4.02. The first-order valence-corrected chi connectivity index (χ1v) is 5.55. The van der Waals surface area contributed by atoms with Crippen molar-refractivity contribution in [3.8, 4) is 17.2 Å². The number of benzene rings is 1. The molecule has 0 radical (unpaired) electrons. The molecule has 0 bridgehead atoms. The second kappa shape index (κ2) is 4.81. The van der Waals surface area contributed by atoms with E-state index in [-0.39, 0.29) is 0 Å². The Morgan fingerprint density at radius 1 is 1.12 bits per heavy atom. The standard InChI is InChI=1S/C12H10O3S/c1-14-9-2-4-10(5-3-9)15-11-6-12(7-13)16-8-11/h2-8H,1H3. The first-order valence-electron chi connectivity index (χ1n) is 4.67. The lowest BCUT2D eigenvalue weighted by atomic mass is 10.3. The maximum atomic E-state index is 10.5. The molecule has 0 saturated heterocycles. The van der Waals surface area contributed by atoms with Gasteiger partial charge >= 0.3 is 0 Å².